The third kappa shape index (κ3) is 4.05. The topological polar surface area (TPSA) is 37.8 Å². The van der Waals surface area contributed by atoms with Crippen LogP contribution in [-0.2, 0) is 6.42 Å². The van der Waals surface area contributed by atoms with Gasteiger partial charge in [-0.2, -0.15) is 0 Å². The van der Waals surface area contributed by atoms with E-state index in [1.165, 1.54) is 16.7 Å². The molecule has 1 N–H and O–H groups in total. The first kappa shape index (κ1) is 13.5. The highest BCUT2D eigenvalue weighted by atomic mass is 15.0. The predicted octanol–water partition coefficient (Wildman–Crippen LogP) is 3.51. The fourth-order valence-corrected chi connectivity index (χ4v) is 2.19. The van der Waals surface area contributed by atoms with Crippen LogP contribution in [0.4, 0.5) is 5.82 Å². The van der Waals surface area contributed by atoms with Crippen LogP contribution < -0.4 is 5.32 Å². The van der Waals surface area contributed by atoms with Crippen molar-refractivity contribution >= 4 is 5.82 Å². The molecule has 0 amide bonds. The molecule has 0 aliphatic rings. The first-order valence-electron chi connectivity index (χ1n) is 6.80. The maximum Gasteiger partial charge on any atom is 0.135 e. The second-order valence-electron chi connectivity index (χ2n) is 4.96. The largest absolute Gasteiger partial charge is 0.370 e. The van der Waals surface area contributed by atoms with Crippen LogP contribution in [0.1, 0.15) is 35.9 Å². The highest BCUT2D eigenvalue weighted by molar-refractivity contribution is 5.35. The minimum atomic E-state index is 0.782. The van der Waals surface area contributed by atoms with Gasteiger partial charge >= 0.3 is 0 Å². The normalized spacial score (nSPS) is 10.5. The number of hydrogen-bond acceptors (Lipinski definition) is 3. The monoisotopic (exact) mass is 255 g/mol. The van der Waals surface area contributed by atoms with Gasteiger partial charge in [0.15, 0.2) is 0 Å². The summed E-state index contributed by atoms with van der Waals surface area (Å²) in [5.41, 5.74) is 3.84. The Morgan fingerprint density at radius 1 is 1.11 bits per heavy atom. The van der Waals surface area contributed by atoms with Crippen molar-refractivity contribution in [1.82, 2.24) is 9.97 Å². The van der Waals surface area contributed by atoms with Crippen LogP contribution >= 0.6 is 0 Å². The summed E-state index contributed by atoms with van der Waals surface area (Å²) >= 11 is 0. The number of aryl methyl sites for hydroxylation is 2. The first-order chi connectivity index (χ1) is 9.17. The summed E-state index contributed by atoms with van der Waals surface area (Å²) in [4.78, 5) is 8.89. The Balaban J connectivity index is 2.13. The number of hydrogen-bond donors (Lipinski definition) is 1. The molecule has 100 valence electrons. The Labute approximate surface area is 115 Å². The predicted molar refractivity (Wildman–Crippen MR) is 79.5 cm³/mol. The van der Waals surface area contributed by atoms with Crippen LogP contribution in [0.3, 0.4) is 0 Å². The highest BCUT2D eigenvalue weighted by Gasteiger charge is 2.02. The lowest BCUT2D eigenvalue weighted by Crippen LogP contribution is -2.05. The van der Waals surface area contributed by atoms with Gasteiger partial charge in [-0.3, -0.25) is 0 Å². The molecule has 0 spiro atoms. The van der Waals surface area contributed by atoms with Crippen molar-refractivity contribution in [3.63, 3.8) is 0 Å². The summed E-state index contributed by atoms with van der Waals surface area (Å²) in [5.74, 6) is 1.78. The van der Waals surface area contributed by atoms with Crippen molar-refractivity contribution in [1.29, 1.82) is 0 Å². The zero-order valence-corrected chi connectivity index (χ0v) is 11.9. The Kier molecular flexibility index (Phi) is 4.50. The van der Waals surface area contributed by atoms with Gasteiger partial charge in [-0.25, -0.2) is 9.97 Å². The van der Waals surface area contributed by atoms with E-state index in [0.29, 0.717) is 0 Å². The van der Waals surface area contributed by atoms with Gasteiger partial charge < -0.3 is 5.32 Å². The molecule has 2 rings (SSSR count). The fourth-order valence-electron chi connectivity index (χ4n) is 2.19. The van der Waals surface area contributed by atoms with Crippen molar-refractivity contribution in [2.75, 3.05) is 11.9 Å². The lowest BCUT2D eigenvalue weighted by molar-refractivity contribution is 0.931. The molecule has 0 atom stereocenters. The van der Waals surface area contributed by atoms with Gasteiger partial charge in [0.25, 0.3) is 0 Å². The minimum absolute atomic E-state index is 0.782. The second-order valence-corrected chi connectivity index (χ2v) is 4.96. The molecule has 0 bridgehead atoms. The number of benzene rings is 1. The molecule has 0 aliphatic carbocycles. The standard InChI is InChI=1S/C16H21N3/c1-4-6-17-15-5-7-18-16(19-15)11-14-9-12(2)8-13(3)10-14/h5,7-10H,4,6,11H2,1-3H3,(H,17,18,19). The third-order valence-corrected chi connectivity index (χ3v) is 2.91. The van der Waals surface area contributed by atoms with E-state index in [2.05, 4.69) is 54.3 Å². The maximum atomic E-state index is 4.54. The molecule has 3 nitrogen and oxygen atoms in total. The summed E-state index contributed by atoms with van der Waals surface area (Å²) in [7, 11) is 0. The molecule has 3 heteroatoms. The van der Waals surface area contributed by atoms with E-state index in [1.54, 1.807) is 0 Å². The SMILES string of the molecule is CCCNc1ccnc(Cc2cc(C)cc(C)c2)n1. The van der Waals surface area contributed by atoms with Crippen molar-refractivity contribution in [3.8, 4) is 0 Å². The van der Waals surface area contributed by atoms with Crippen LogP contribution in [0.25, 0.3) is 0 Å². The zero-order chi connectivity index (χ0) is 13.7. The van der Waals surface area contributed by atoms with E-state index in [9.17, 15) is 0 Å². The summed E-state index contributed by atoms with van der Waals surface area (Å²) < 4.78 is 0. The van der Waals surface area contributed by atoms with Crippen molar-refractivity contribution in [2.24, 2.45) is 0 Å². The van der Waals surface area contributed by atoms with Crippen molar-refractivity contribution in [2.45, 2.75) is 33.6 Å². The Morgan fingerprint density at radius 2 is 1.84 bits per heavy atom. The van der Waals surface area contributed by atoms with E-state index < -0.39 is 0 Å². The summed E-state index contributed by atoms with van der Waals surface area (Å²) in [6.45, 7) is 7.33. The van der Waals surface area contributed by atoms with Gasteiger partial charge in [0.2, 0.25) is 0 Å². The molecular formula is C16H21N3. The van der Waals surface area contributed by atoms with Crippen LogP contribution in [0, 0.1) is 13.8 Å². The lowest BCUT2D eigenvalue weighted by atomic mass is 10.0. The second kappa shape index (κ2) is 6.32. The quantitative estimate of drug-likeness (QED) is 0.888. The summed E-state index contributed by atoms with van der Waals surface area (Å²) in [6.07, 6.45) is 3.70. The molecule has 1 aromatic carbocycles. The van der Waals surface area contributed by atoms with Gasteiger partial charge in [0.05, 0.1) is 0 Å². The minimum Gasteiger partial charge on any atom is -0.370 e. The van der Waals surface area contributed by atoms with Gasteiger partial charge in [-0.05, 0) is 31.9 Å². The molecule has 19 heavy (non-hydrogen) atoms. The number of rotatable bonds is 5. The Bertz CT molecular complexity index is 529. The van der Waals surface area contributed by atoms with Crippen molar-refractivity contribution in [3.05, 3.63) is 53.0 Å². The van der Waals surface area contributed by atoms with E-state index in [1.807, 2.05) is 12.3 Å². The molecule has 1 heterocycles. The average molecular weight is 255 g/mol. The first-order valence-corrected chi connectivity index (χ1v) is 6.80. The smallest absolute Gasteiger partial charge is 0.135 e. The molecule has 2 aromatic rings. The van der Waals surface area contributed by atoms with Gasteiger partial charge in [0, 0.05) is 19.2 Å². The number of nitrogens with zero attached hydrogens (tertiary/aromatic N) is 2. The summed E-state index contributed by atoms with van der Waals surface area (Å²) in [6, 6.07) is 8.50. The van der Waals surface area contributed by atoms with Crippen molar-refractivity contribution < 1.29 is 0 Å². The molecule has 0 saturated heterocycles. The van der Waals surface area contributed by atoms with Gasteiger partial charge in [-0.15, -0.1) is 0 Å². The number of nitrogens with one attached hydrogen (secondary N) is 1. The summed E-state index contributed by atoms with van der Waals surface area (Å²) in [5, 5.41) is 3.29. The highest BCUT2D eigenvalue weighted by Crippen LogP contribution is 2.12. The van der Waals surface area contributed by atoms with Crippen LogP contribution in [0.5, 0.6) is 0 Å². The molecule has 0 aliphatic heterocycles. The van der Waals surface area contributed by atoms with Gasteiger partial charge in [0.1, 0.15) is 11.6 Å². The van der Waals surface area contributed by atoms with E-state index in [-0.39, 0.29) is 0 Å². The Hall–Kier alpha value is -1.90. The van der Waals surface area contributed by atoms with E-state index in [0.717, 1.165) is 31.0 Å². The average Bonchev–Trinajstić information content (AvgIpc) is 2.35. The molecule has 0 radical (unpaired) electrons. The zero-order valence-electron chi connectivity index (χ0n) is 11.9. The molecule has 0 unspecified atom stereocenters. The number of anilines is 1. The fraction of sp³-hybridized carbons (Fsp3) is 0.375. The molecule has 0 fully saturated rings. The Morgan fingerprint density at radius 3 is 2.53 bits per heavy atom. The molecule has 0 saturated carbocycles. The third-order valence-electron chi connectivity index (χ3n) is 2.91. The van der Waals surface area contributed by atoms with Crippen LogP contribution in [0.15, 0.2) is 30.5 Å². The number of aromatic nitrogens is 2. The van der Waals surface area contributed by atoms with E-state index in [4.69, 9.17) is 0 Å². The molecular weight excluding hydrogens is 234 g/mol. The molecule has 1 aromatic heterocycles. The van der Waals surface area contributed by atoms with Crippen LogP contribution in [-0.4, -0.2) is 16.5 Å². The lowest BCUT2D eigenvalue weighted by Gasteiger charge is -2.07. The maximum absolute atomic E-state index is 4.54. The van der Waals surface area contributed by atoms with E-state index >= 15 is 0 Å². The van der Waals surface area contributed by atoms with Gasteiger partial charge in [-0.1, -0.05) is 36.2 Å². The van der Waals surface area contributed by atoms with Crippen LogP contribution in [0.2, 0.25) is 0 Å².